The second-order valence-corrected chi connectivity index (χ2v) is 8.49. The molecule has 2 aromatic rings. The van der Waals surface area contributed by atoms with Crippen LogP contribution < -0.4 is 23.9 Å². The average Bonchev–Trinajstić information content (AvgIpc) is 2.79. The third kappa shape index (κ3) is 6.84. The van der Waals surface area contributed by atoms with Gasteiger partial charge in [-0.15, -0.1) is 0 Å². The van der Waals surface area contributed by atoms with Gasteiger partial charge in [0.25, 0.3) is 5.91 Å². The maximum absolute atomic E-state index is 12.6. The van der Waals surface area contributed by atoms with E-state index in [0.29, 0.717) is 17.0 Å². The van der Waals surface area contributed by atoms with E-state index in [0.717, 1.165) is 10.6 Å². The van der Waals surface area contributed by atoms with Gasteiger partial charge in [-0.25, -0.2) is 18.6 Å². The number of hydrogen-bond donors (Lipinski definition) is 1. The summed E-state index contributed by atoms with van der Waals surface area (Å²) in [5.41, 5.74) is 3.14. The fraction of sp³-hybridized carbons (Fsp3) is 0.286. The van der Waals surface area contributed by atoms with Crippen LogP contribution in [0.3, 0.4) is 0 Å². The van der Waals surface area contributed by atoms with Gasteiger partial charge in [-0.1, -0.05) is 0 Å². The molecule has 0 aliphatic rings. The topological polar surface area (TPSA) is 133 Å². The van der Waals surface area contributed by atoms with Crippen molar-refractivity contribution in [3.05, 3.63) is 48.0 Å². The molecule has 0 aliphatic carbocycles. The molecule has 12 heteroatoms. The maximum Gasteiger partial charge on any atom is 0.513 e. The highest BCUT2D eigenvalue weighted by Gasteiger charge is 2.29. The Morgan fingerprint density at radius 3 is 2.24 bits per heavy atom. The molecular weight excluding hydrogens is 454 g/mol. The van der Waals surface area contributed by atoms with Gasteiger partial charge in [0, 0.05) is 0 Å². The second-order valence-electron chi connectivity index (χ2n) is 6.63. The Kier molecular flexibility index (Phi) is 8.63. The summed E-state index contributed by atoms with van der Waals surface area (Å²) in [6.45, 7) is 1.44. The highest BCUT2D eigenvalue weighted by Crippen LogP contribution is 2.28. The van der Waals surface area contributed by atoms with Gasteiger partial charge in [-0.2, -0.15) is 5.10 Å². The molecule has 0 aliphatic heterocycles. The number of carbonyl (C=O) groups is 2. The number of hydrogen-bond acceptors (Lipinski definition) is 9. The fourth-order valence-electron chi connectivity index (χ4n) is 2.78. The van der Waals surface area contributed by atoms with Crippen molar-refractivity contribution in [2.45, 2.75) is 13.0 Å². The molecular formula is C21H25N3O8S. The Balaban J connectivity index is 2.14. The first-order chi connectivity index (χ1) is 15.6. The van der Waals surface area contributed by atoms with E-state index in [9.17, 15) is 18.0 Å². The number of amides is 1. The molecule has 0 fully saturated rings. The molecule has 0 unspecified atom stereocenters. The number of nitrogens with one attached hydrogen (secondary N) is 1. The third-order valence-electron chi connectivity index (χ3n) is 4.35. The number of anilines is 1. The largest absolute Gasteiger partial charge is 0.513 e. The summed E-state index contributed by atoms with van der Waals surface area (Å²) in [5, 5.41) is 3.88. The summed E-state index contributed by atoms with van der Waals surface area (Å²) in [7, 11) is 0.291. The van der Waals surface area contributed by atoms with Crippen LogP contribution in [0.2, 0.25) is 0 Å². The lowest BCUT2D eigenvalue weighted by Crippen LogP contribution is -2.46. The molecule has 33 heavy (non-hydrogen) atoms. The van der Waals surface area contributed by atoms with Crippen molar-refractivity contribution < 1.29 is 37.0 Å². The minimum absolute atomic E-state index is 0.141. The second kappa shape index (κ2) is 11.2. The van der Waals surface area contributed by atoms with Crippen LogP contribution in [0.1, 0.15) is 12.5 Å². The zero-order valence-electron chi connectivity index (χ0n) is 18.8. The molecule has 0 heterocycles. The first kappa shape index (κ1) is 25.5. The average molecular weight is 480 g/mol. The Morgan fingerprint density at radius 2 is 1.70 bits per heavy atom. The Hall–Kier alpha value is -3.80. The first-order valence-electron chi connectivity index (χ1n) is 9.51. The van der Waals surface area contributed by atoms with Crippen molar-refractivity contribution in [1.82, 2.24) is 5.43 Å². The van der Waals surface area contributed by atoms with Gasteiger partial charge in [0.15, 0.2) is 11.5 Å². The molecule has 0 radical (unpaired) electrons. The summed E-state index contributed by atoms with van der Waals surface area (Å²) < 4.78 is 45.3. The van der Waals surface area contributed by atoms with Crippen LogP contribution in [0.15, 0.2) is 47.6 Å². The zero-order valence-corrected chi connectivity index (χ0v) is 19.6. The lowest BCUT2D eigenvalue weighted by molar-refractivity contribution is -0.121. The highest BCUT2D eigenvalue weighted by atomic mass is 32.2. The minimum Gasteiger partial charge on any atom is -0.497 e. The summed E-state index contributed by atoms with van der Waals surface area (Å²) in [4.78, 5) is 23.9. The Bertz CT molecular complexity index is 1120. The van der Waals surface area contributed by atoms with E-state index in [1.54, 1.807) is 18.2 Å². The van der Waals surface area contributed by atoms with Crippen LogP contribution in [0.4, 0.5) is 10.5 Å². The number of rotatable bonds is 9. The molecule has 1 amide bonds. The van der Waals surface area contributed by atoms with Crippen LogP contribution in [0.25, 0.3) is 0 Å². The molecule has 1 atom stereocenters. The van der Waals surface area contributed by atoms with Crippen LogP contribution in [0.5, 0.6) is 17.2 Å². The van der Waals surface area contributed by atoms with Crippen LogP contribution >= 0.6 is 0 Å². The number of nitrogens with zero attached hydrogens (tertiary/aromatic N) is 2. The Labute approximate surface area is 191 Å². The highest BCUT2D eigenvalue weighted by molar-refractivity contribution is 7.92. The number of sulfonamides is 1. The molecule has 1 N–H and O–H groups in total. The van der Waals surface area contributed by atoms with Gasteiger partial charge in [0.2, 0.25) is 10.0 Å². The molecule has 0 saturated heterocycles. The van der Waals surface area contributed by atoms with E-state index in [4.69, 9.17) is 14.2 Å². The van der Waals surface area contributed by atoms with Crippen molar-refractivity contribution in [1.29, 1.82) is 0 Å². The van der Waals surface area contributed by atoms with Gasteiger partial charge < -0.3 is 18.9 Å². The Morgan fingerprint density at radius 1 is 1.03 bits per heavy atom. The third-order valence-corrected chi connectivity index (χ3v) is 5.59. The van der Waals surface area contributed by atoms with E-state index < -0.39 is 28.1 Å². The van der Waals surface area contributed by atoms with Crippen LogP contribution in [0, 0.1) is 0 Å². The summed E-state index contributed by atoms with van der Waals surface area (Å²) in [6, 6.07) is 9.74. The van der Waals surface area contributed by atoms with Crippen LogP contribution in [-0.2, 0) is 19.6 Å². The molecule has 0 bridgehead atoms. The van der Waals surface area contributed by atoms with Gasteiger partial charge in [0.1, 0.15) is 11.8 Å². The predicted molar refractivity (Wildman–Crippen MR) is 122 cm³/mol. The van der Waals surface area contributed by atoms with Gasteiger partial charge in [-0.3, -0.25) is 9.10 Å². The molecule has 2 rings (SSSR count). The van der Waals surface area contributed by atoms with E-state index in [1.165, 1.54) is 58.7 Å². The molecule has 2 aromatic carbocycles. The van der Waals surface area contributed by atoms with E-state index >= 15 is 0 Å². The summed E-state index contributed by atoms with van der Waals surface area (Å²) in [6.07, 6.45) is 1.44. The maximum atomic E-state index is 12.6. The zero-order chi connectivity index (χ0) is 24.6. The van der Waals surface area contributed by atoms with Gasteiger partial charge >= 0.3 is 6.16 Å². The molecule has 11 nitrogen and oxygen atoms in total. The number of carbonyl (C=O) groups excluding carboxylic acids is 2. The van der Waals surface area contributed by atoms with Crippen molar-refractivity contribution in [2.24, 2.45) is 5.10 Å². The quantitative estimate of drug-likeness (QED) is 0.250. The van der Waals surface area contributed by atoms with Gasteiger partial charge in [-0.05, 0) is 55.0 Å². The smallest absolute Gasteiger partial charge is 0.497 e. The standard InChI is InChI=1S/C21H25N3O8S/c1-14(24(33(5,27)28)16-7-9-17(29-2)10-8-16)20(25)23-22-13-15-6-11-18(19(12-15)30-3)32-21(26)31-4/h6-14H,1-5H3,(H,23,25)/b22-13-/t14-/m1/s1. The van der Waals surface area contributed by atoms with E-state index in [-0.39, 0.29) is 11.5 Å². The van der Waals surface area contributed by atoms with Gasteiger partial charge in [0.05, 0.1) is 39.5 Å². The van der Waals surface area contributed by atoms with Crippen molar-refractivity contribution >= 4 is 34.0 Å². The van der Waals surface area contributed by atoms with Crippen molar-refractivity contribution in [3.8, 4) is 17.2 Å². The molecule has 0 saturated carbocycles. The van der Waals surface area contributed by atoms with E-state index in [2.05, 4.69) is 15.3 Å². The van der Waals surface area contributed by atoms with Crippen LogP contribution in [-0.4, -0.2) is 60.3 Å². The summed E-state index contributed by atoms with van der Waals surface area (Å²) in [5.74, 6) is 0.284. The van der Waals surface area contributed by atoms with Crippen molar-refractivity contribution in [2.75, 3.05) is 31.9 Å². The lowest BCUT2D eigenvalue weighted by atomic mass is 10.2. The van der Waals surface area contributed by atoms with E-state index in [1.807, 2.05) is 0 Å². The summed E-state index contributed by atoms with van der Waals surface area (Å²) >= 11 is 0. The predicted octanol–water partition coefficient (Wildman–Crippen LogP) is 2.15. The number of methoxy groups -OCH3 is 3. The molecule has 178 valence electrons. The molecule has 0 aromatic heterocycles. The number of benzene rings is 2. The SMILES string of the molecule is COC(=O)Oc1ccc(/C=N\NC(=O)[C@@H](C)N(c2ccc(OC)cc2)S(C)(=O)=O)cc1OC. The monoisotopic (exact) mass is 479 g/mol. The molecule has 0 spiro atoms. The fourth-order valence-corrected chi connectivity index (χ4v) is 3.96. The lowest BCUT2D eigenvalue weighted by Gasteiger charge is -2.27. The minimum atomic E-state index is -3.77. The van der Waals surface area contributed by atoms with Crippen molar-refractivity contribution in [3.63, 3.8) is 0 Å². The normalized spacial score (nSPS) is 12.0. The number of ether oxygens (including phenoxy) is 4. The first-order valence-corrected chi connectivity index (χ1v) is 11.4. The number of hydrazone groups is 1.